The molecule has 3 N–H and O–H groups in total. The Morgan fingerprint density at radius 2 is 1.77 bits per heavy atom. The Bertz CT molecular complexity index is 111. The van der Waals surface area contributed by atoms with Crippen LogP contribution in [0.4, 0.5) is 4.79 Å². The van der Waals surface area contributed by atoms with Crippen molar-refractivity contribution < 1.29 is 9.90 Å². The fraction of sp³-hybridized carbons (Fsp3) is 0.857. The summed E-state index contributed by atoms with van der Waals surface area (Å²) >= 11 is 6.60. The van der Waals surface area contributed by atoms with Gasteiger partial charge >= 0.3 is 6.09 Å². The SMILES string of the molecule is BrCCNCCBr.CCNC(=O)O. The molecule has 1 amide bonds. The molecular weight excluding hydrogens is 304 g/mol. The van der Waals surface area contributed by atoms with Gasteiger partial charge in [0.05, 0.1) is 0 Å². The van der Waals surface area contributed by atoms with Gasteiger partial charge in [-0.1, -0.05) is 31.9 Å². The van der Waals surface area contributed by atoms with Gasteiger partial charge in [0.2, 0.25) is 0 Å². The summed E-state index contributed by atoms with van der Waals surface area (Å²) in [6.07, 6.45) is -0.961. The van der Waals surface area contributed by atoms with E-state index in [0.717, 1.165) is 23.7 Å². The van der Waals surface area contributed by atoms with E-state index in [1.807, 2.05) is 0 Å². The Hall–Kier alpha value is 0.190. The van der Waals surface area contributed by atoms with E-state index in [4.69, 9.17) is 5.11 Å². The molecule has 0 aromatic carbocycles. The smallest absolute Gasteiger partial charge is 0.404 e. The average molecular weight is 320 g/mol. The Morgan fingerprint density at radius 1 is 1.31 bits per heavy atom. The molecule has 0 aromatic rings. The van der Waals surface area contributed by atoms with Crippen LogP contribution in [0.3, 0.4) is 0 Å². The fourth-order valence-electron chi connectivity index (χ4n) is 0.410. The van der Waals surface area contributed by atoms with Crippen molar-refractivity contribution in [3.63, 3.8) is 0 Å². The summed E-state index contributed by atoms with van der Waals surface area (Å²) in [5, 5.41) is 15.2. The highest BCUT2D eigenvalue weighted by Gasteiger charge is 1.83. The Labute approximate surface area is 95.7 Å². The molecule has 0 spiro atoms. The molecule has 0 bridgehead atoms. The number of rotatable bonds is 5. The van der Waals surface area contributed by atoms with Gasteiger partial charge in [0.1, 0.15) is 0 Å². The molecule has 0 rings (SSSR count). The lowest BCUT2D eigenvalue weighted by molar-refractivity contribution is 0.195. The lowest BCUT2D eigenvalue weighted by Crippen LogP contribution is -2.19. The zero-order valence-corrected chi connectivity index (χ0v) is 10.8. The topological polar surface area (TPSA) is 61.4 Å². The maximum atomic E-state index is 9.49. The van der Waals surface area contributed by atoms with Crippen molar-refractivity contribution in [3.8, 4) is 0 Å². The summed E-state index contributed by atoms with van der Waals surface area (Å²) in [6.45, 7) is 4.33. The number of hydrogen-bond acceptors (Lipinski definition) is 2. The number of halogens is 2. The van der Waals surface area contributed by atoms with Crippen molar-refractivity contribution in [2.45, 2.75) is 6.92 Å². The van der Waals surface area contributed by atoms with E-state index in [-0.39, 0.29) is 0 Å². The molecule has 0 saturated heterocycles. The van der Waals surface area contributed by atoms with Crippen LogP contribution in [0, 0.1) is 0 Å². The van der Waals surface area contributed by atoms with Gasteiger partial charge in [-0.15, -0.1) is 0 Å². The largest absolute Gasteiger partial charge is 0.465 e. The molecule has 13 heavy (non-hydrogen) atoms. The van der Waals surface area contributed by atoms with Crippen LogP contribution in [0.1, 0.15) is 6.92 Å². The standard InChI is InChI=1S/C4H9Br2N.C3H7NO2/c5-1-3-7-4-2-6;1-2-4-3(5)6/h7H,1-4H2;4H,2H2,1H3,(H,5,6). The summed E-state index contributed by atoms with van der Waals surface area (Å²) in [5.41, 5.74) is 0. The van der Waals surface area contributed by atoms with Gasteiger partial charge in [-0.2, -0.15) is 0 Å². The second-order valence-electron chi connectivity index (χ2n) is 1.96. The predicted octanol–water partition coefficient (Wildman–Crippen LogP) is 1.64. The van der Waals surface area contributed by atoms with Crippen molar-refractivity contribution in [3.05, 3.63) is 0 Å². The van der Waals surface area contributed by atoms with Gasteiger partial charge < -0.3 is 15.7 Å². The molecule has 0 radical (unpaired) electrons. The number of carboxylic acid groups (broad SMARTS) is 1. The molecule has 0 aliphatic carbocycles. The number of hydrogen-bond donors (Lipinski definition) is 3. The van der Waals surface area contributed by atoms with Crippen molar-refractivity contribution in [1.82, 2.24) is 10.6 Å². The molecule has 0 aliphatic rings. The van der Waals surface area contributed by atoms with Crippen LogP contribution in [0.5, 0.6) is 0 Å². The van der Waals surface area contributed by atoms with Crippen molar-refractivity contribution in [2.24, 2.45) is 0 Å². The first-order valence-electron chi connectivity index (χ1n) is 3.98. The maximum Gasteiger partial charge on any atom is 0.404 e. The fourth-order valence-corrected chi connectivity index (χ4v) is 0.971. The highest BCUT2D eigenvalue weighted by atomic mass is 79.9. The van der Waals surface area contributed by atoms with Gasteiger partial charge in [-0.05, 0) is 6.92 Å². The van der Waals surface area contributed by atoms with E-state index in [1.54, 1.807) is 6.92 Å². The number of nitrogens with one attached hydrogen (secondary N) is 2. The van der Waals surface area contributed by atoms with E-state index >= 15 is 0 Å². The van der Waals surface area contributed by atoms with E-state index in [2.05, 4.69) is 42.5 Å². The molecule has 4 nitrogen and oxygen atoms in total. The molecule has 0 aromatic heterocycles. The first-order valence-corrected chi connectivity index (χ1v) is 6.22. The van der Waals surface area contributed by atoms with Crippen LogP contribution in [0.25, 0.3) is 0 Å². The molecule has 0 aliphatic heterocycles. The lowest BCUT2D eigenvalue weighted by atomic mass is 10.7. The number of alkyl halides is 2. The Kier molecular flexibility index (Phi) is 17.7. The van der Waals surface area contributed by atoms with E-state index in [0.29, 0.717) is 6.54 Å². The van der Waals surface area contributed by atoms with Crippen LogP contribution in [0.2, 0.25) is 0 Å². The zero-order valence-electron chi connectivity index (χ0n) is 7.65. The van der Waals surface area contributed by atoms with E-state index in [9.17, 15) is 4.79 Å². The van der Waals surface area contributed by atoms with Crippen LogP contribution in [0.15, 0.2) is 0 Å². The zero-order chi connectivity index (χ0) is 10.5. The minimum absolute atomic E-state index is 0.481. The van der Waals surface area contributed by atoms with Crippen molar-refractivity contribution in [1.29, 1.82) is 0 Å². The average Bonchev–Trinajstić information content (AvgIpc) is 2.06. The third-order valence-electron chi connectivity index (χ3n) is 0.871. The highest BCUT2D eigenvalue weighted by molar-refractivity contribution is 9.09. The molecule has 0 fully saturated rings. The Morgan fingerprint density at radius 3 is 1.92 bits per heavy atom. The van der Waals surface area contributed by atoms with Gasteiger partial charge in [-0.25, -0.2) is 4.79 Å². The second kappa shape index (κ2) is 14.7. The minimum Gasteiger partial charge on any atom is -0.465 e. The van der Waals surface area contributed by atoms with Gasteiger partial charge in [0.15, 0.2) is 0 Å². The van der Waals surface area contributed by atoms with Gasteiger partial charge in [-0.3, -0.25) is 0 Å². The summed E-state index contributed by atoms with van der Waals surface area (Å²) < 4.78 is 0. The summed E-state index contributed by atoms with van der Waals surface area (Å²) in [5.74, 6) is 0. The second-order valence-corrected chi connectivity index (χ2v) is 3.55. The van der Waals surface area contributed by atoms with Gasteiger partial charge in [0.25, 0.3) is 0 Å². The van der Waals surface area contributed by atoms with Gasteiger partial charge in [0, 0.05) is 30.3 Å². The van der Waals surface area contributed by atoms with E-state index in [1.165, 1.54) is 0 Å². The quantitative estimate of drug-likeness (QED) is 0.533. The van der Waals surface area contributed by atoms with Crippen LogP contribution < -0.4 is 10.6 Å². The predicted molar refractivity (Wildman–Crippen MR) is 62.2 cm³/mol. The van der Waals surface area contributed by atoms with E-state index < -0.39 is 6.09 Å². The number of amides is 1. The molecular formula is C7H16Br2N2O2. The number of carbonyl (C=O) groups is 1. The normalized spacial score (nSPS) is 8.54. The third-order valence-corrected chi connectivity index (χ3v) is 1.66. The van der Waals surface area contributed by atoms with Crippen LogP contribution >= 0.6 is 31.9 Å². The van der Waals surface area contributed by atoms with Crippen LogP contribution in [-0.4, -0.2) is 41.5 Å². The Balaban J connectivity index is 0. The molecule has 0 unspecified atom stereocenters. The van der Waals surface area contributed by atoms with Crippen molar-refractivity contribution in [2.75, 3.05) is 30.3 Å². The van der Waals surface area contributed by atoms with Crippen molar-refractivity contribution >= 4 is 38.0 Å². The molecule has 0 atom stereocenters. The summed E-state index contributed by atoms with van der Waals surface area (Å²) in [4.78, 5) is 9.49. The maximum absolute atomic E-state index is 9.49. The molecule has 0 heterocycles. The first kappa shape index (κ1) is 15.7. The third kappa shape index (κ3) is 24.5. The minimum atomic E-state index is -0.961. The summed E-state index contributed by atoms with van der Waals surface area (Å²) in [7, 11) is 0. The molecule has 80 valence electrons. The monoisotopic (exact) mass is 318 g/mol. The lowest BCUT2D eigenvalue weighted by Gasteiger charge is -1.94. The van der Waals surface area contributed by atoms with Crippen LogP contribution in [-0.2, 0) is 0 Å². The molecule has 0 saturated carbocycles. The highest BCUT2D eigenvalue weighted by Crippen LogP contribution is 1.76. The molecule has 6 heteroatoms. The first-order chi connectivity index (χ1) is 6.18. The summed E-state index contributed by atoms with van der Waals surface area (Å²) in [6, 6.07) is 0.